The van der Waals surface area contributed by atoms with Gasteiger partial charge in [-0.3, -0.25) is 0 Å². The second-order valence-corrected chi connectivity index (χ2v) is 10.6. The summed E-state index contributed by atoms with van der Waals surface area (Å²) in [5, 5.41) is 0. The van der Waals surface area contributed by atoms with Crippen molar-refractivity contribution < 1.29 is 31.8 Å². The first-order chi connectivity index (χ1) is 13.0. The van der Waals surface area contributed by atoms with Crippen LogP contribution in [0.4, 0.5) is 13.2 Å². The molecule has 0 saturated carbocycles. The molecule has 0 unspecified atom stereocenters. The molecule has 2 fully saturated rings. The number of halogens is 3. The van der Waals surface area contributed by atoms with Crippen LogP contribution in [-0.2, 0) is 18.6 Å². The van der Waals surface area contributed by atoms with Crippen LogP contribution in [0.3, 0.4) is 0 Å². The number of thioether (sulfide) groups is 1. The Hall–Kier alpha value is -0.670. The molecule has 1 aromatic rings. The Balaban J connectivity index is 2.07. The van der Waals surface area contributed by atoms with Crippen LogP contribution in [0.15, 0.2) is 23.1 Å². The highest BCUT2D eigenvalue weighted by Gasteiger charge is 2.55. The number of rotatable bonds is 3. The van der Waals surface area contributed by atoms with E-state index in [0.29, 0.717) is 10.9 Å². The summed E-state index contributed by atoms with van der Waals surface area (Å²) < 4.78 is 64.5. The molecule has 160 valence electrons. The standard InChI is InChI=1S/C19H27B2F3O4S/c1-15(2)16(3,4)26-20(25-15)12-10-9-11-13(14(12)29-19(22,23)24)21-27-17(5,6)18(7,8)28-21/h9-11H,1-8H3. The number of benzene rings is 1. The fourth-order valence-electron chi connectivity index (χ4n) is 3.12. The highest BCUT2D eigenvalue weighted by atomic mass is 32.2. The molecule has 0 aliphatic carbocycles. The maximum absolute atomic E-state index is 13.5. The van der Waals surface area contributed by atoms with Gasteiger partial charge in [0.15, 0.2) is 0 Å². The Labute approximate surface area is 175 Å². The van der Waals surface area contributed by atoms with Gasteiger partial charge in [-0.15, -0.1) is 0 Å². The molecular weight excluding hydrogens is 403 g/mol. The molecule has 2 aliphatic heterocycles. The van der Waals surface area contributed by atoms with Crippen LogP contribution < -0.4 is 10.9 Å². The van der Waals surface area contributed by atoms with Crippen molar-refractivity contribution in [3.63, 3.8) is 0 Å². The van der Waals surface area contributed by atoms with Crippen molar-refractivity contribution in [2.75, 3.05) is 0 Å². The van der Waals surface area contributed by atoms with Gasteiger partial charge in [0.05, 0.1) is 22.4 Å². The summed E-state index contributed by atoms with van der Waals surface area (Å²) >= 11 is -0.192. The van der Waals surface area contributed by atoms with E-state index in [0.717, 1.165) is 0 Å². The molecule has 10 heteroatoms. The molecule has 0 radical (unpaired) electrons. The lowest BCUT2D eigenvalue weighted by atomic mass is 9.71. The first-order valence-corrected chi connectivity index (χ1v) is 10.4. The lowest BCUT2D eigenvalue weighted by Crippen LogP contribution is -2.44. The van der Waals surface area contributed by atoms with Gasteiger partial charge in [0, 0.05) is 4.90 Å². The third kappa shape index (κ3) is 4.24. The SMILES string of the molecule is CC1(C)OB(c2cccc(B3OC(C)(C)C(C)(C)O3)c2SC(F)(F)F)OC1(C)C. The Kier molecular flexibility index (Phi) is 5.49. The van der Waals surface area contributed by atoms with Gasteiger partial charge in [-0.25, -0.2) is 0 Å². The predicted octanol–water partition coefficient (Wildman–Crippen LogP) is 3.90. The molecule has 0 amide bonds. The minimum atomic E-state index is -4.49. The molecule has 3 rings (SSSR count). The maximum atomic E-state index is 13.5. The van der Waals surface area contributed by atoms with E-state index in [2.05, 4.69) is 0 Å². The number of hydrogen-bond donors (Lipinski definition) is 0. The van der Waals surface area contributed by atoms with Crippen LogP contribution in [0.5, 0.6) is 0 Å². The lowest BCUT2D eigenvalue weighted by Gasteiger charge is -2.32. The molecule has 2 heterocycles. The maximum Gasteiger partial charge on any atom is 0.495 e. The Morgan fingerprint density at radius 2 is 1.00 bits per heavy atom. The number of alkyl halides is 3. The summed E-state index contributed by atoms with van der Waals surface area (Å²) in [4.78, 5) is -0.00278. The summed E-state index contributed by atoms with van der Waals surface area (Å²) in [5.74, 6) is 0. The molecule has 4 nitrogen and oxygen atoms in total. The minimum absolute atomic E-state index is 0.00278. The van der Waals surface area contributed by atoms with E-state index in [-0.39, 0.29) is 16.7 Å². The average molecular weight is 430 g/mol. The van der Waals surface area contributed by atoms with Crippen LogP contribution >= 0.6 is 11.8 Å². The van der Waals surface area contributed by atoms with E-state index < -0.39 is 42.1 Å². The van der Waals surface area contributed by atoms with Crippen LogP contribution in [0, 0.1) is 0 Å². The van der Waals surface area contributed by atoms with Crippen LogP contribution in [0.25, 0.3) is 0 Å². The molecule has 1 aromatic carbocycles. The highest BCUT2D eigenvalue weighted by Crippen LogP contribution is 2.41. The minimum Gasteiger partial charge on any atom is -0.399 e. The zero-order valence-electron chi connectivity index (χ0n) is 18.1. The first kappa shape index (κ1) is 23.0. The Morgan fingerprint density at radius 1 is 0.690 bits per heavy atom. The molecule has 2 aliphatic rings. The van der Waals surface area contributed by atoms with Gasteiger partial charge in [0.1, 0.15) is 0 Å². The molecule has 0 aromatic heterocycles. The zero-order valence-corrected chi connectivity index (χ0v) is 18.9. The van der Waals surface area contributed by atoms with Gasteiger partial charge in [-0.2, -0.15) is 13.2 Å². The van der Waals surface area contributed by atoms with Gasteiger partial charge in [-0.05, 0) is 78.1 Å². The predicted molar refractivity (Wildman–Crippen MR) is 110 cm³/mol. The molecule has 0 spiro atoms. The van der Waals surface area contributed by atoms with E-state index >= 15 is 0 Å². The summed E-state index contributed by atoms with van der Waals surface area (Å²) in [6.07, 6.45) is 0. The van der Waals surface area contributed by atoms with E-state index in [1.165, 1.54) is 0 Å². The molecule has 2 saturated heterocycles. The van der Waals surface area contributed by atoms with Crippen molar-refractivity contribution >= 4 is 36.9 Å². The molecule has 0 atom stereocenters. The lowest BCUT2D eigenvalue weighted by molar-refractivity contribution is -0.0327. The second-order valence-electron chi connectivity index (χ2n) is 9.49. The van der Waals surface area contributed by atoms with E-state index in [4.69, 9.17) is 18.6 Å². The smallest absolute Gasteiger partial charge is 0.399 e. The summed E-state index contributed by atoms with van der Waals surface area (Å²) in [6, 6.07) is 4.89. The Bertz CT molecular complexity index is 710. The van der Waals surface area contributed by atoms with Gasteiger partial charge >= 0.3 is 19.7 Å². The zero-order chi connectivity index (χ0) is 22.0. The van der Waals surface area contributed by atoms with Crippen LogP contribution in [0.1, 0.15) is 55.4 Å². The van der Waals surface area contributed by atoms with Crippen molar-refractivity contribution in [2.24, 2.45) is 0 Å². The monoisotopic (exact) mass is 430 g/mol. The van der Waals surface area contributed by atoms with Crippen molar-refractivity contribution in [1.82, 2.24) is 0 Å². The largest absolute Gasteiger partial charge is 0.495 e. The second kappa shape index (κ2) is 6.92. The van der Waals surface area contributed by atoms with Crippen LogP contribution in [-0.4, -0.2) is 42.1 Å². The van der Waals surface area contributed by atoms with Gasteiger partial charge in [0.2, 0.25) is 0 Å². The van der Waals surface area contributed by atoms with E-state index in [9.17, 15) is 13.2 Å². The van der Waals surface area contributed by atoms with Crippen molar-refractivity contribution in [2.45, 2.75) is 88.2 Å². The third-order valence-electron chi connectivity index (χ3n) is 6.31. The van der Waals surface area contributed by atoms with Crippen molar-refractivity contribution in [3.05, 3.63) is 18.2 Å². The van der Waals surface area contributed by atoms with Gasteiger partial charge in [-0.1, -0.05) is 18.2 Å². The quantitative estimate of drug-likeness (QED) is 0.538. The fraction of sp³-hybridized carbons (Fsp3) is 0.684. The molecule has 0 N–H and O–H groups in total. The molecular formula is C19H27B2F3O4S. The third-order valence-corrected chi connectivity index (χ3v) is 7.22. The topological polar surface area (TPSA) is 36.9 Å². The fourth-order valence-corrected chi connectivity index (χ4v) is 3.91. The summed E-state index contributed by atoms with van der Waals surface area (Å²) in [7, 11) is -1.85. The van der Waals surface area contributed by atoms with E-state index in [1.54, 1.807) is 18.2 Å². The van der Waals surface area contributed by atoms with E-state index in [1.807, 2.05) is 55.4 Å². The highest BCUT2D eigenvalue weighted by molar-refractivity contribution is 8.00. The molecule has 29 heavy (non-hydrogen) atoms. The number of hydrogen-bond acceptors (Lipinski definition) is 5. The Morgan fingerprint density at radius 3 is 1.28 bits per heavy atom. The average Bonchev–Trinajstić information content (AvgIpc) is 2.85. The van der Waals surface area contributed by atoms with Gasteiger partial charge < -0.3 is 18.6 Å². The normalized spacial score (nSPS) is 24.9. The molecule has 0 bridgehead atoms. The van der Waals surface area contributed by atoms with Crippen molar-refractivity contribution in [3.8, 4) is 0 Å². The summed E-state index contributed by atoms with van der Waals surface area (Å²) in [5.41, 5.74) is -6.53. The van der Waals surface area contributed by atoms with Crippen molar-refractivity contribution in [1.29, 1.82) is 0 Å². The summed E-state index contributed by atoms with van der Waals surface area (Å²) in [6.45, 7) is 14.9. The van der Waals surface area contributed by atoms with Gasteiger partial charge in [0.25, 0.3) is 0 Å². The van der Waals surface area contributed by atoms with Crippen LogP contribution in [0.2, 0.25) is 0 Å². The first-order valence-electron chi connectivity index (χ1n) is 9.56.